The maximum Gasteiger partial charge on any atom is 0.243 e. The van der Waals surface area contributed by atoms with Crippen LogP contribution in [0.3, 0.4) is 0 Å². The van der Waals surface area contributed by atoms with Gasteiger partial charge in [-0.05, 0) is 50.6 Å². The second-order valence-corrected chi connectivity index (χ2v) is 8.31. The van der Waals surface area contributed by atoms with E-state index in [1.807, 2.05) is 26.2 Å². The SMILES string of the molecule is CC1CCCN(S(=O)(=O)c2ccc(CN(C)C)cc2)C1CN.Cl. The minimum Gasteiger partial charge on any atom is -0.329 e. The van der Waals surface area contributed by atoms with E-state index in [2.05, 4.69) is 11.8 Å². The van der Waals surface area contributed by atoms with Gasteiger partial charge < -0.3 is 10.6 Å². The molecule has 0 amide bonds. The third-order valence-corrected chi connectivity index (χ3v) is 6.27. The Bertz CT molecular complexity index is 590. The van der Waals surface area contributed by atoms with Crippen molar-refractivity contribution in [2.45, 2.75) is 37.2 Å². The fraction of sp³-hybridized carbons (Fsp3) is 0.625. The highest BCUT2D eigenvalue weighted by Crippen LogP contribution is 2.28. The second-order valence-electron chi connectivity index (χ2n) is 6.42. The standard InChI is InChI=1S/C16H27N3O2S.ClH/c1-13-5-4-10-19(16(13)11-17)22(20,21)15-8-6-14(7-9-15)12-18(2)3;/h6-9,13,16H,4-5,10-12,17H2,1-3H3;1H. The average Bonchev–Trinajstić information content (AvgIpc) is 2.47. The predicted octanol–water partition coefficient (Wildman–Crippen LogP) is 1.92. The number of hydrogen-bond acceptors (Lipinski definition) is 4. The molecule has 0 saturated carbocycles. The van der Waals surface area contributed by atoms with E-state index in [1.165, 1.54) is 0 Å². The van der Waals surface area contributed by atoms with Gasteiger partial charge in [-0.3, -0.25) is 0 Å². The first-order valence-corrected chi connectivity index (χ1v) is 9.26. The summed E-state index contributed by atoms with van der Waals surface area (Å²) in [5, 5.41) is 0. The number of benzene rings is 1. The van der Waals surface area contributed by atoms with Crippen molar-refractivity contribution in [3.63, 3.8) is 0 Å². The van der Waals surface area contributed by atoms with E-state index in [1.54, 1.807) is 16.4 Å². The first kappa shape index (κ1) is 20.4. The summed E-state index contributed by atoms with van der Waals surface area (Å²) in [5.74, 6) is 0.307. The summed E-state index contributed by atoms with van der Waals surface area (Å²) in [6.07, 6.45) is 1.94. The van der Waals surface area contributed by atoms with Crippen molar-refractivity contribution in [3.8, 4) is 0 Å². The highest BCUT2D eigenvalue weighted by atomic mass is 35.5. The number of piperidine rings is 1. The topological polar surface area (TPSA) is 66.6 Å². The lowest BCUT2D eigenvalue weighted by molar-refractivity contribution is 0.192. The molecule has 0 bridgehead atoms. The number of nitrogens with two attached hydrogens (primary N) is 1. The van der Waals surface area contributed by atoms with E-state index >= 15 is 0 Å². The quantitative estimate of drug-likeness (QED) is 0.870. The average molecular weight is 362 g/mol. The molecule has 1 fully saturated rings. The molecule has 0 aliphatic carbocycles. The fourth-order valence-corrected chi connectivity index (χ4v) is 4.90. The summed E-state index contributed by atoms with van der Waals surface area (Å²) >= 11 is 0. The molecular formula is C16H28ClN3O2S. The maximum absolute atomic E-state index is 12.9. The fourth-order valence-electron chi connectivity index (χ4n) is 3.13. The largest absolute Gasteiger partial charge is 0.329 e. The molecular weight excluding hydrogens is 334 g/mol. The maximum atomic E-state index is 12.9. The second kappa shape index (κ2) is 8.44. The van der Waals surface area contributed by atoms with Gasteiger partial charge in [0.15, 0.2) is 0 Å². The van der Waals surface area contributed by atoms with Crippen molar-refractivity contribution in [1.82, 2.24) is 9.21 Å². The summed E-state index contributed by atoms with van der Waals surface area (Å²) in [7, 11) is 0.522. The van der Waals surface area contributed by atoms with Crippen LogP contribution < -0.4 is 5.73 Å². The van der Waals surface area contributed by atoms with Crippen molar-refractivity contribution in [1.29, 1.82) is 0 Å². The zero-order valence-electron chi connectivity index (χ0n) is 14.1. The Morgan fingerprint density at radius 3 is 2.39 bits per heavy atom. The molecule has 2 unspecified atom stereocenters. The Morgan fingerprint density at radius 1 is 1.26 bits per heavy atom. The van der Waals surface area contributed by atoms with E-state index in [9.17, 15) is 8.42 Å². The first-order valence-electron chi connectivity index (χ1n) is 7.82. The summed E-state index contributed by atoms with van der Waals surface area (Å²) in [4.78, 5) is 2.42. The zero-order chi connectivity index (χ0) is 16.3. The summed E-state index contributed by atoms with van der Waals surface area (Å²) in [6.45, 7) is 3.82. The van der Waals surface area contributed by atoms with Gasteiger partial charge in [-0.15, -0.1) is 12.4 Å². The molecule has 1 aromatic rings. The predicted molar refractivity (Wildman–Crippen MR) is 96.2 cm³/mol. The molecule has 0 radical (unpaired) electrons. The molecule has 1 aliphatic rings. The minimum absolute atomic E-state index is 0. The number of halogens is 1. The van der Waals surface area contributed by atoms with Crippen molar-refractivity contribution in [3.05, 3.63) is 29.8 Å². The summed E-state index contributed by atoms with van der Waals surface area (Å²) < 4.78 is 27.4. The molecule has 2 rings (SSSR count). The van der Waals surface area contributed by atoms with Crippen LogP contribution in [0.25, 0.3) is 0 Å². The Kier molecular flexibility index (Phi) is 7.48. The number of hydrogen-bond donors (Lipinski definition) is 1. The highest BCUT2D eigenvalue weighted by molar-refractivity contribution is 7.89. The Labute approximate surface area is 146 Å². The van der Waals surface area contributed by atoms with Gasteiger partial charge in [-0.2, -0.15) is 4.31 Å². The molecule has 5 nitrogen and oxygen atoms in total. The molecule has 7 heteroatoms. The third-order valence-electron chi connectivity index (χ3n) is 4.33. The van der Waals surface area contributed by atoms with Crippen molar-refractivity contribution in [2.24, 2.45) is 11.7 Å². The van der Waals surface area contributed by atoms with Crippen LogP contribution in [0.15, 0.2) is 29.2 Å². The van der Waals surface area contributed by atoms with Crippen LogP contribution in [-0.4, -0.2) is 50.8 Å². The number of sulfonamides is 1. The van der Waals surface area contributed by atoms with Crippen LogP contribution in [0.4, 0.5) is 0 Å². The van der Waals surface area contributed by atoms with Crippen molar-refractivity contribution < 1.29 is 8.42 Å². The third kappa shape index (κ3) is 4.67. The molecule has 1 aliphatic heterocycles. The lowest BCUT2D eigenvalue weighted by Crippen LogP contribution is -2.51. The van der Waals surface area contributed by atoms with Crippen LogP contribution >= 0.6 is 12.4 Å². The van der Waals surface area contributed by atoms with E-state index < -0.39 is 10.0 Å². The smallest absolute Gasteiger partial charge is 0.243 e. The van der Waals surface area contributed by atoms with E-state index in [-0.39, 0.29) is 18.4 Å². The van der Waals surface area contributed by atoms with Gasteiger partial charge >= 0.3 is 0 Å². The van der Waals surface area contributed by atoms with Crippen LogP contribution in [0, 0.1) is 5.92 Å². The van der Waals surface area contributed by atoms with Gasteiger partial charge in [0.1, 0.15) is 0 Å². The van der Waals surface area contributed by atoms with Gasteiger partial charge in [-0.1, -0.05) is 19.1 Å². The molecule has 2 N–H and O–H groups in total. The van der Waals surface area contributed by atoms with E-state index in [0.717, 1.165) is 24.9 Å². The monoisotopic (exact) mass is 361 g/mol. The molecule has 132 valence electrons. The molecule has 0 aromatic heterocycles. The first-order chi connectivity index (χ1) is 10.4. The van der Waals surface area contributed by atoms with Gasteiger partial charge in [0.05, 0.1) is 4.90 Å². The van der Waals surface area contributed by atoms with Gasteiger partial charge in [0.2, 0.25) is 10.0 Å². The molecule has 23 heavy (non-hydrogen) atoms. The Morgan fingerprint density at radius 2 is 1.87 bits per heavy atom. The van der Waals surface area contributed by atoms with Gasteiger partial charge in [0, 0.05) is 25.7 Å². The van der Waals surface area contributed by atoms with Crippen LogP contribution in [0.1, 0.15) is 25.3 Å². The molecule has 2 atom stereocenters. The minimum atomic E-state index is -3.46. The molecule has 1 aromatic carbocycles. The number of nitrogens with zero attached hydrogens (tertiary/aromatic N) is 2. The summed E-state index contributed by atoms with van der Waals surface area (Å²) in [6, 6.07) is 7.09. The van der Waals surface area contributed by atoms with Gasteiger partial charge in [-0.25, -0.2) is 8.42 Å². The van der Waals surface area contributed by atoms with Crippen LogP contribution in [0.5, 0.6) is 0 Å². The van der Waals surface area contributed by atoms with Gasteiger partial charge in [0.25, 0.3) is 0 Å². The van der Waals surface area contributed by atoms with E-state index in [4.69, 9.17) is 5.73 Å². The zero-order valence-corrected chi connectivity index (χ0v) is 15.7. The van der Waals surface area contributed by atoms with Crippen LogP contribution in [0.2, 0.25) is 0 Å². The van der Waals surface area contributed by atoms with E-state index in [0.29, 0.717) is 23.9 Å². The lowest BCUT2D eigenvalue weighted by atomic mass is 9.93. The molecule has 1 heterocycles. The lowest BCUT2D eigenvalue weighted by Gasteiger charge is -2.38. The number of rotatable bonds is 5. The normalized spacial score (nSPS) is 22.8. The Hall–Kier alpha value is -0.660. The molecule has 1 saturated heterocycles. The highest BCUT2D eigenvalue weighted by Gasteiger charge is 2.36. The summed E-state index contributed by atoms with van der Waals surface area (Å²) in [5.41, 5.74) is 6.93. The van der Waals surface area contributed by atoms with Crippen molar-refractivity contribution in [2.75, 3.05) is 27.2 Å². The van der Waals surface area contributed by atoms with Crippen LogP contribution in [-0.2, 0) is 16.6 Å². The van der Waals surface area contributed by atoms with Crippen molar-refractivity contribution >= 4 is 22.4 Å². The molecule has 0 spiro atoms. The Balaban J connectivity index is 0.00000264.